The predicted molar refractivity (Wildman–Crippen MR) is 112 cm³/mol. The smallest absolute Gasteiger partial charge is 0.234 e. The highest BCUT2D eigenvalue weighted by atomic mass is 35.5. The van der Waals surface area contributed by atoms with Crippen molar-refractivity contribution >= 4 is 35.0 Å². The fourth-order valence-electron chi connectivity index (χ4n) is 2.67. The summed E-state index contributed by atoms with van der Waals surface area (Å²) in [4.78, 5) is 12.1. The first kappa shape index (κ1) is 22.0. The van der Waals surface area contributed by atoms with E-state index in [1.54, 1.807) is 12.1 Å². The Labute approximate surface area is 181 Å². The van der Waals surface area contributed by atoms with Gasteiger partial charge in [-0.25, -0.2) is 8.78 Å². The van der Waals surface area contributed by atoms with Crippen LogP contribution >= 0.6 is 23.4 Å². The first-order chi connectivity index (χ1) is 14.4. The number of carbonyl (C=O) groups is 1. The van der Waals surface area contributed by atoms with Crippen molar-refractivity contribution in [3.63, 3.8) is 0 Å². The third-order valence-corrected chi connectivity index (χ3v) is 5.34. The van der Waals surface area contributed by atoms with Crippen molar-refractivity contribution in [2.75, 3.05) is 11.1 Å². The van der Waals surface area contributed by atoms with Crippen LogP contribution in [-0.2, 0) is 17.9 Å². The summed E-state index contributed by atoms with van der Waals surface area (Å²) in [6.45, 7) is 4.62. The van der Waals surface area contributed by atoms with E-state index < -0.39 is 17.5 Å². The second kappa shape index (κ2) is 9.90. The average Bonchev–Trinajstić information content (AvgIpc) is 3.09. The lowest BCUT2D eigenvalue weighted by molar-refractivity contribution is -0.113. The topological polar surface area (TPSA) is 69.0 Å². The monoisotopic (exact) mass is 452 g/mol. The van der Waals surface area contributed by atoms with E-state index in [0.717, 1.165) is 23.4 Å². The van der Waals surface area contributed by atoms with Crippen LogP contribution < -0.4 is 10.1 Å². The number of nitrogens with one attached hydrogen (secondary N) is 1. The molecule has 1 N–H and O–H groups in total. The number of anilines is 1. The van der Waals surface area contributed by atoms with E-state index in [-0.39, 0.29) is 18.0 Å². The lowest BCUT2D eigenvalue weighted by Crippen LogP contribution is -2.16. The molecule has 30 heavy (non-hydrogen) atoms. The number of benzene rings is 2. The van der Waals surface area contributed by atoms with Gasteiger partial charge in [0.2, 0.25) is 5.91 Å². The molecule has 158 valence electrons. The molecule has 0 spiro atoms. The zero-order valence-corrected chi connectivity index (χ0v) is 17.9. The number of aromatic nitrogens is 3. The first-order valence-corrected chi connectivity index (χ1v) is 10.4. The predicted octanol–water partition coefficient (Wildman–Crippen LogP) is 4.85. The van der Waals surface area contributed by atoms with Crippen molar-refractivity contribution in [3.05, 3.63) is 64.4 Å². The van der Waals surface area contributed by atoms with Gasteiger partial charge in [-0.2, -0.15) is 0 Å². The Balaban J connectivity index is 1.60. The van der Waals surface area contributed by atoms with Crippen LogP contribution in [0.2, 0.25) is 5.02 Å². The fourth-order valence-corrected chi connectivity index (χ4v) is 3.72. The van der Waals surface area contributed by atoms with Crippen molar-refractivity contribution in [2.45, 2.75) is 32.2 Å². The summed E-state index contributed by atoms with van der Waals surface area (Å²) in [7, 11) is 0. The Morgan fingerprint density at radius 3 is 2.73 bits per heavy atom. The Morgan fingerprint density at radius 2 is 2.03 bits per heavy atom. The second-order valence-corrected chi connectivity index (χ2v) is 7.68. The third-order valence-electron chi connectivity index (χ3n) is 4.14. The van der Waals surface area contributed by atoms with Crippen LogP contribution in [-0.4, -0.2) is 26.4 Å². The van der Waals surface area contributed by atoms with Crippen molar-refractivity contribution in [2.24, 2.45) is 0 Å². The number of carbonyl (C=O) groups excluding carboxylic acids is 1. The van der Waals surface area contributed by atoms with Gasteiger partial charge in [-0.15, -0.1) is 10.2 Å². The molecule has 0 saturated carbocycles. The minimum absolute atomic E-state index is 0.00784. The Morgan fingerprint density at radius 1 is 1.23 bits per heavy atom. The number of rotatable bonds is 8. The summed E-state index contributed by atoms with van der Waals surface area (Å²) in [6.07, 6.45) is 0. The van der Waals surface area contributed by atoms with Crippen LogP contribution in [0.15, 0.2) is 41.6 Å². The molecule has 0 unspecified atom stereocenters. The number of thioether (sulfide) groups is 1. The fraction of sp³-hybridized carbons (Fsp3) is 0.250. The van der Waals surface area contributed by atoms with Gasteiger partial charge in [0, 0.05) is 17.6 Å². The van der Waals surface area contributed by atoms with Gasteiger partial charge >= 0.3 is 0 Å². The van der Waals surface area contributed by atoms with Crippen molar-refractivity contribution in [1.29, 1.82) is 0 Å². The summed E-state index contributed by atoms with van der Waals surface area (Å²) >= 11 is 7.12. The third kappa shape index (κ3) is 5.48. The zero-order chi connectivity index (χ0) is 21.7. The molecule has 0 bridgehead atoms. The SMILES string of the molecule is CCn1c(COc2ccc(Cl)cc2C)nnc1SCC(=O)Nc1ccc(F)cc1F. The van der Waals surface area contributed by atoms with Gasteiger partial charge in [0.05, 0.1) is 11.4 Å². The number of halogens is 3. The molecule has 3 aromatic rings. The Kier molecular flexibility index (Phi) is 7.28. The maximum absolute atomic E-state index is 13.7. The van der Waals surface area contributed by atoms with Gasteiger partial charge in [-0.05, 0) is 49.7 Å². The second-order valence-electron chi connectivity index (χ2n) is 6.30. The largest absolute Gasteiger partial charge is 0.485 e. The highest BCUT2D eigenvalue weighted by Crippen LogP contribution is 2.24. The van der Waals surface area contributed by atoms with E-state index in [4.69, 9.17) is 16.3 Å². The minimum atomic E-state index is -0.831. The maximum atomic E-state index is 13.7. The zero-order valence-electron chi connectivity index (χ0n) is 16.3. The van der Waals surface area contributed by atoms with E-state index in [9.17, 15) is 13.6 Å². The van der Waals surface area contributed by atoms with E-state index in [1.165, 1.54) is 6.07 Å². The number of nitrogens with zero attached hydrogens (tertiary/aromatic N) is 3. The van der Waals surface area contributed by atoms with E-state index in [2.05, 4.69) is 15.5 Å². The molecule has 0 fully saturated rings. The normalized spacial score (nSPS) is 10.8. The average molecular weight is 453 g/mol. The van der Waals surface area contributed by atoms with Crippen LogP contribution in [0, 0.1) is 18.6 Å². The molecular formula is C20H19ClF2N4O2S. The lowest BCUT2D eigenvalue weighted by Gasteiger charge is -2.11. The number of hydrogen-bond donors (Lipinski definition) is 1. The van der Waals surface area contributed by atoms with Crippen molar-refractivity contribution in [3.8, 4) is 5.75 Å². The molecule has 3 rings (SSSR count). The first-order valence-electron chi connectivity index (χ1n) is 9.06. The maximum Gasteiger partial charge on any atom is 0.234 e. The molecule has 0 aliphatic heterocycles. The molecule has 0 aliphatic carbocycles. The van der Waals surface area contributed by atoms with Gasteiger partial charge in [0.1, 0.15) is 24.0 Å². The molecule has 0 saturated heterocycles. The van der Waals surface area contributed by atoms with Crippen molar-refractivity contribution < 1.29 is 18.3 Å². The minimum Gasteiger partial charge on any atom is -0.485 e. The highest BCUT2D eigenvalue weighted by Gasteiger charge is 2.15. The highest BCUT2D eigenvalue weighted by molar-refractivity contribution is 7.99. The molecule has 0 radical (unpaired) electrons. The lowest BCUT2D eigenvalue weighted by atomic mass is 10.2. The summed E-state index contributed by atoms with van der Waals surface area (Å²) in [5.74, 6) is -0.682. The van der Waals surface area contributed by atoms with Crippen LogP contribution in [0.3, 0.4) is 0 Å². The van der Waals surface area contributed by atoms with Crippen LogP contribution in [0.25, 0.3) is 0 Å². The number of amides is 1. The van der Waals surface area contributed by atoms with Crippen molar-refractivity contribution in [1.82, 2.24) is 14.8 Å². The van der Waals surface area contributed by atoms with Gasteiger partial charge < -0.3 is 14.6 Å². The summed E-state index contributed by atoms with van der Waals surface area (Å²) < 4.78 is 34.3. The van der Waals surface area contributed by atoms with Gasteiger partial charge in [0.25, 0.3) is 0 Å². The van der Waals surface area contributed by atoms with Crippen LogP contribution in [0.1, 0.15) is 18.3 Å². The molecule has 2 aromatic carbocycles. The summed E-state index contributed by atoms with van der Waals surface area (Å²) in [5, 5.41) is 11.8. The molecule has 6 nitrogen and oxygen atoms in total. The van der Waals surface area contributed by atoms with E-state index in [0.29, 0.717) is 34.4 Å². The molecular weight excluding hydrogens is 434 g/mol. The number of aryl methyl sites for hydroxylation is 1. The molecule has 1 amide bonds. The number of hydrogen-bond acceptors (Lipinski definition) is 5. The quantitative estimate of drug-likeness (QED) is 0.495. The van der Waals surface area contributed by atoms with E-state index >= 15 is 0 Å². The molecule has 0 atom stereocenters. The molecule has 10 heteroatoms. The van der Waals surface area contributed by atoms with Crippen LogP contribution in [0.4, 0.5) is 14.5 Å². The molecule has 1 aromatic heterocycles. The Hall–Kier alpha value is -2.65. The molecule has 0 aliphatic rings. The van der Waals surface area contributed by atoms with Gasteiger partial charge in [-0.3, -0.25) is 4.79 Å². The summed E-state index contributed by atoms with van der Waals surface area (Å²) in [6, 6.07) is 8.32. The van der Waals surface area contributed by atoms with Gasteiger partial charge in [0.15, 0.2) is 11.0 Å². The Bertz CT molecular complexity index is 1060. The molecule has 1 heterocycles. The van der Waals surface area contributed by atoms with Crippen LogP contribution in [0.5, 0.6) is 5.75 Å². The number of ether oxygens (including phenoxy) is 1. The summed E-state index contributed by atoms with van der Waals surface area (Å²) in [5.41, 5.74) is 0.829. The van der Waals surface area contributed by atoms with E-state index in [1.807, 2.05) is 24.5 Å². The standard InChI is InChI=1S/C20H19ClF2N4O2S/c1-3-27-18(10-29-17-7-4-13(21)8-12(17)2)25-26-20(27)30-11-19(28)24-16-6-5-14(22)9-15(16)23/h4-9H,3,10-11H2,1-2H3,(H,24,28). The van der Waals surface area contributed by atoms with Gasteiger partial charge in [-0.1, -0.05) is 23.4 Å².